The minimum Gasteiger partial charge on any atom is -0.462 e. The van der Waals surface area contributed by atoms with E-state index in [-0.39, 0.29) is 5.41 Å². The van der Waals surface area contributed by atoms with Crippen LogP contribution in [-0.4, -0.2) is 4.98 Å². The summed E-state index contributed by atoms with van der Waals surface area (Å²) in [7, 11) is 0. The van der Waals surface area contributed by atoms with Gasteiger partial charge in [0.15, 0.2) is 5.58 Å². The maximum atomic E-state index is 6.23. The maximum Gasteiger partial charge on any atom is 0.160 e. The number of rotatable bonds is 4. The number of hydrogen-bond donors (Lipinski definition) is 0. The van der Waals surface area contributed by atoms with Gasteiger partial charge in [0.2, 0.25) is 0 Å². The molecule has 3 aromatic carbocycles. The average Bonchev–Trinajstić information content (AvgIpc) is 3.43. The van der Waals surface area contributed by atoms with Crippen LogP contribution in [0, 0.1) is 12.8 Å². The van der Waals surface area contributed by atoms with Gasteiger partial charge >= 0.3 is 0 Å². The smallest absolute Gasteiger partial charge is 0.160 e. The zero-order valence-electron chi connectivity index (χ0n) is 22.5. The molecule has 0 aliphatic rings. The summed E-state index contributed by atoms with van der Waals surface area (Å²) >= 11 is 0. The van der Waals surface area contributed by atoms with E-state index < -0.39 is 0 Å². The first-order chi connectivity index (χ1) is 17.7. The molecule has 3 nitrogen and oxygen atoms in total. The van der Waals surface area contributed by atoms with Gasteiger partial charge in [-0.1, -0.05) is 71.0 Å². The molecule has 3 heterocycles. The molecular formula is C34H33NO2. The Morgan fingerprint density at radius 1 is 0.865 bits per heavy atom. The van der Waals surface area contributed by atoms with Crippen molar-refractivity contribution in [1.82, 2.24) is 4.98 Å². The molecule has 0 spiro atoms. The lowest BCUT2D eigenvalue weighted by atomic mass is 9.82. The molecule has 0 fully saturated rings. The summed E-state index contributed by atoms with van der Waals surface area (Å²) in [4.78, 5) is 5.10. The van der Waals surface area contributed by atoms with Gasteiger partial charge in [-0.05, 0) is 70.5 Å². The van der Waals surface area contributed by atoms with Crippen LogP contribution in [0.15, 0.2) is 81.8 Å². The first-order valence-electron chi connectivity index (χ1n) is 13.1. The van der Waals surface area contributed by atoms with E-state index in [1.54, 1.807) is 6.26 Å². The summed E-state index contributed by atoms with van der Waals surface area (Å²) < 4.78 is 12.3. The molecule has 0 bridgehead atoms. The number of aryl methyl sites for hydroxylation is 1. The Bertz CT molecular complexity index is 1780. The lowest BCUT2D eigenvalue weighted by Gasteiger charge is -2.23. The van der Waals surface area contributed by atoms with Gasteiger partial charge in [0.25, 0.3) is 0 Å². The summed E-state index contributed by atoms with van der Waals surface area (Å²) in [6.45, 7) is 13.3. The number of pyridine rings is 1. The molecule has 3 heteroatoms. The largest absolute Gasteiger partial charge is 0.462 e. The fourth-order valence-electron chi connectivity index (χ4n) is 5.32. The van der Waals surface area contributed by atoms with E-state index in [1.165, 1.54) is 16.3 Å². The fraction of sp³-hybridized carbons (Fsp3) is 0.265. The Morgan fingerprint density at radius 2 is 1.68 bits per heavy atom. The van der Waals surface area contributed by atoms with Gasteiger partial charge in [0, 0.05) is 28.5 Å². The van der Waals surface area contributed by atoms with Crippen LogP contribution in [0.3, 0.4) is 0 Å². The first-order valence-corrected chi connectivity index (χ1v) is 13.1. The van der Waals surface area contributed by atoms with Crippen LogP contribution in [0.25, 0.3) is 55.2 Å². The third kappa shape index (κ3) is 4.23. The monoisotopic (exact) mass is 487 g/mol. The number of benzene rings is 3. The summed E-state index contributed by atoms with van der Waals surface area (Å²) in [5, 5.41) is 3.65. The molecule has 186 valence electrons. The van der Waals surface area contributed by atoms with Crippen molar-refractivity contribution in [3.05, 3.63) is 89.9 Å². The number of nitrogens with zero attached hydrogens (tertiary/aromatic N) is 1. The van der Waals surface area contributed by atoms with E-state index in [0.29, 0.717) is 5.92 Å². The first kappa shape index (κ1) is 23.5. The number of fused-ring (bicyclic) bond motifs is 3. The van der Waals surface area contributed by atoms with E-state index in [0.717, 1.165) is 62.2 Å². The highest BCUT2D eigenvalue weighted by atomic mass is 16.3. The van der Waals surface area contributed by atoms with Crippen LogP contribution in [-0.2, 0) is 11.8 Å². The van der Waals surface area contributed by atoms with E-state index in [9.17, 15) is 0 Å². The number of hydrogen-bond acceptors (Lipinski definition) is 3. The highest BCUT2D eigenvalue weighted by molar-refractivity contribution is 5.98. The van der Waals surface area contributed by atoms with Crippen molar-refractivity contribution in [2.75, 3.05) is 0 Å². The van der Waals surface area contributed by atoms with Crippen molar-refractivity contribution in [2.45, 2.75) is 53.4 Å². The molecule has 0 saturated heterocycles. The minimum absolute atomic E-state index is 0.00607. The van der Waals surface area contributed by atoms with Gasteiger partial charge in [-0.3, -0.25) is 0 Å². The summed E-state index contributed by atoms with van der Waals surface area (Å²) in [5.41, 5.74) is 9.14. The van der Waals surface area contributed by atoms with Crippen molar-refractivity contribution < 1.29 is 8.83 Å². The lowest BCUT2D eigenvalue weighted by molar-refractivity contribution is 0.500. The van der Waals surface area contributed by atoms with Gasteiger partial charge in [-0.25, -0.2) is 4.98 Å². The molecule has 0 aliphatic heterocycles. The van der Waals surface area contributed by atoms with E-state index in [2.05, 4.69) is 108 Å². The van der Waals surface area contributed by atoms with E-state index in [1.807, 2.05) is 0 Å². The molecular weight excluding hydrogens is 454 g/mol. The topological polar surface area (TPSA) is 39.2 Å². The van der Waals surface area contributed by atoms with Gasteiger partial charge in [0.05, 0.1) is 12.0 Å². The fourth-order valence-corrected chi connectivity index (χ4v) is 5.32. The minimum atomic E-state index is 0.00607. The second-order valence-electron chi connectivity index (χ2n) is 11.7. The summed E-state index contributed by atoms with van der Waals surface area (Å²) in [6, 6.07) is 24.0. The van der Waals surface area contributed by atoms with Crippen molar-refractivity contribution >= 4 is 32.8 Å². The maximum absolute atomic E-state index is 6.23. The Labute approximate surface area is 218 Å². The van der Waals surface area contributed by atoms with Gasteiger partial charge in [-0.15, -0.1) is 0 Å². The predicted molar refractivity (Wildman–Crippen MR) is 154 cm³/mol. The number of furan rings is 2. The standard InChI is InChI=1S/C34H33NO2/c1-20(2)13-26-15-24-12-11-23(17-31(24)37-26)28-18-30(35-32-21(3)19-36-33(28)32)25-14-22-9-7-8-10-27(22)29(16-25)34(4,5)6/h7-12,14-20H,13H2,1-6H3. The van der Waals surface area contributed by atoms with Crippen LogP contribution in [0.4, 0.5) is 0 Å². The molecule has 37 heavy (non-hydrogen) atoms. The molecule has 0 atom stereocenters. The lowest BCUT2D eigenvalue weighted by Crippen LogP contribution is -2.12. The third-order valence-electron chi connectivity index (χ3n) is 7.16. The summed E-state index contributed by atoms with van der Waals surface area (Å²) in [5.74, 6) is 1.58. The Hall–Kier alpha value is -3.85. The molecule has 0 N–H and O–H groups in total. The molecule has 3 aromatic heterocycles. The van der Waals surface area contributed by atoms with Crippen molar-refractivity contribution in [1.29, 1.82) is 0 Å². The summed E-state index contributed by atoms with van der Waals surface area (Å²) in [6.07, 6.45) is 2.74. The Morgan fingerprint density at radius 3 is 2.46 bits per heavy atom. The zero-order valence-corrected chi connectivity index (χ0v) is 22.5. The van der Waals surface area contributed by atoms with Gasteiger partial charge in [-0.2, -0.15) is 0 Å². The molecule has 6 rings (SSSR count). The average molecular weight is 488 g/mol. The van der Waals surface area contributed by atoms with Crippen LogP contribution in [0.1, 0.15) is 51.5 Å². The Kier molecular flexibility index (Phi) is 5.49. The van der Waals surface area contributed by atoms with E-state index >= 15 is 0 Å². The Balaban J connectivity index is 1.56. The van der Waals surface area contributed by atoms with Crippen molar-refractivity contribution in [3.8, 4) is 22.4 Å². The molecule has 6 aromatic rings. The van der Waals surface area contributed by atoms with E-state index in [4.69, 9.17) is 13.8 Å². The van der Waals surface area contributed by atoms with Crippen LogP contribution >= 0.6 is 0 Å². The molecule has 0 radical (unpaired) electrons. The molecule has 0 amide bonds. The third-order valence-corrected chi connectivity index (χ3v) is 7.16. The zero-order chi connectivity index (χ0) is 25.9. The van der Waals surface area contributed by atoms with Crippen molar-refractivity contribution in [3.63, 3.8) is 0 Å². The quantitative estimate of drug-likeness (QED) is 0.248. The SMILES string of the molecule is Cc1coc2c(-c3ccc4cc(CC(C)C)oc4c3)cc(-c3cc(C(C)(C)C)c4ccccc4c3)nc12. The molecule has 0 aliphatic carbocycles. The van der Waals surface area contributed by atoms with Crippen LogP contribution in [0.2, 0.25) is 0 Å². The van der Waals surface area contributed by atoms with Crippen LogP contribution in [0.5, 0.6) is 0 Å². The highest BCUT2D eigenvalue weighted by Crippen LogP contribution is 2.39. The highest BCUT2D eigenvalue weighted by Gasteiger charge is 2.20. The molecule has 0 saturated carbocycles. The van der Waals surface area contributed by atoms with Crippen LogP contribution < -0.4 is 0 Å². The second kappa shape index (κ2) is 8.62. The molecule has 0 unspecified atom stereocenters. The normalized spacial score (nSPS) is 12.4. The van der Waals surface area contributed by atoms with Gasteiger partial charge in [0.1, 0.15) is 16.9 Å². The predicted octanol–water partition coefficient (Wildman–Crippen LogP) is 9.87. The van der Waals surface area contributed by atoms with Gasteiger partial charge < -0.3 is 8.83 Å². The number of aromatic nitrogens is 1. The van der Waals surface area contributed by atoms with Crippen molar-refractivity contribution in [2.24, 2.45) is 5.92 Å². The second-order valence-corrected chi connectivity index (χ2v) is 11.7.